The summed E-state index contributed by atoms with van der Waals surface area (Å²) in [6.07, 6.45) is 0. The Morgan fingerprint density at radius 2 is 1.71 bits per heavy atom. The van der Waals surface area contributed by atoms with Gasteiger partial charge in [-0.1, -0.05) is 67.9 Å². The van der Waals surface area contributed by atoms with Crippen LogP contribution in [0.25, 0.3) is 0 Å². The summed E-state index contributed by atoms with van der Waals surface area (Å²) in [6, 6.07) is 19.6. The highest BCUT2D eigenvalue weighted by atomic mass is 35.5. The van der Waals surface area contributed by atoms with Crippen LogP contribution in [-0.2, 0) is 6.54 Å². The van der Waals surface area contributed by atoms with E-state index in [4.69, 9.17) is 11.6 Å². The molecular formula is C22H22ClN3O2. The predicted molar refractivity (Wildman–Crippen MR) is 111 cm³/mol. The van der Waals surface area contributed by atoms with Gasteiger partial charge in [-0.2, -0.15) is 5.10 Å². The van der Waals surface area contributed by atoms with Gasteiger partial charge in [-0.25, -0.2) is 4.68 Å². The summed E-state index contributed by atoms with van der Waals surface area (Å²) in [7, 11) is 0. The molecule has 0 aliphatic rings. The molecule has 1 atom stereocenters. The monoisotopic (exact) mass is 395 g/mol. The molecule has 6 heteroatoms. The molecule has 0 unspecified atom stereocenters. The maximum absolute atomic E-state index is 12.8. The van der Waals surface area contributed by atoms with E-state index in [9.17, 15) is 9.59 Å². The number of halogens is 1. The molecular weight excluding hydrogens is 374 g/mol. The van der Waals surface area contributed by atoms with Gasteiger partial charge in [0.25, 0.3) is 11.5 Å². The van der Waals surface area contributed by atoms with E-state index in [0.717, 1.165) is 11.1 Å². The Hall–Kier alpha value is -2.92. The number of rotatable bonds is 6. The topological polar surface area (TPSA) is 64.0 Å². The Kier molecular flexibility index (Phi) is 6.26. The molecule has 144 valence electrons. The summed E-state index contributed by atoms with van der Waals surface area (Å²) in [6.45, 7) is 4.37. The molecule has 1 amide bonds. The Balaban J connectivity index is 1.82. The van der Waals surface area contributed by atoms with Crippen molar-refractivity contribution in [2.45, 2.75) is 26.4 Å². The summed E-state index contributed by atoms with van der Waals surface area (Å²) < 4.78 is 1.30. The third-order valence-corrected chi connectivity index (χ3v) is 4.71. The van der Waals surface area contributed by atoms with Crippen molar-refractivity contribution in [3.05, 3.63) is 98.9 Å². The SMILES string of the molecule is CC(C)[C@@H](NC(=O)c1ccc(=O)n(Cc2ccccc2)n1)c1ccc(Cl)cc1. The molecule has 3 rings (SSSR count). The normalized spacial score (nSPS) is 12.0. The summed E-state index contributed by atoms with van der Waals surface area (Å²) >= 11 is 5.97. The number of hydrogen-bond donors (Lipinski definition) is 1. The molecule has 0 bridgehead atoms. The molecule has 3 aromatic rings. The molecule has 0 aliphatic carbocycles. The van der Waals surface area contributed by atoms with E-state index < -0.39 is 0 Å². The van der Waals surface area contributed by atoms with Gasteiger partial charge < -0.3 is 5.32 Å². The largest absolute Gasteiger partial charge is 0.344 e. The number of nitrogens with one attached hydrogen (secondary N) is 1. The minimum absolute atomic E-state index is 0.167. The van der Waals surface area contributed by atoms with Crippen LogP contribution in [0.5, 0.6) is 0 Å². The van der Waals surface area contributed by atoms with Gasteiger partial charge in [0.05, 0.1) is 12.6 Å². The zero-order chi connectivity index (χ0) is 20.1. The van der Waals surface area contributed by atoms with E-state index >= 15 is 0 Å². The highest BCUT2D eigenvalue weighted by Gasteiger charge is 2.20. The number of nitrogens with zero attached hydrogens (tertiary/aromatic N) is 2. The molecule has 0 fully saturated rings. The van der Waals surface area contributed by atoms with Crippen molar-refractivity contribution in [1.29, 1.82) is 0 Å². The number of carbonyl (C=O) groups excluding carboxylic acids is 1. The molecule has 0 saturated heterocycles. The fraction of sp³-hybridized carbons (Fsp3) is 0.227. The number of aromatic nitrogens is 2. The van der Waals surface area contributed by atoms with Crippen molar-refractivity contribution in [2.75, 3.05) is 0 Å². The molecule has 1 N–H and O–H groups in total. The maximum Gasteiger partial charge on any atom is 0.272 e. The molecule has 0 spiro atoms. The van der Waals surface area contributed by atoms with Crippen LogP contribution in [0.2, 0.25) is 5.02 Å². The predicted octanol–water partition coefficient (Wildman–Crippen LogP) is 4.07. The average molecular weight is 396 g/mol. The number of carbonyl (C=O) groups is 1. The lowest BCUT2D eigenvalue weighted by Crippen LogP contribution is -2.34. The zero-order valence-electron chi connectivity index (χ0n) is 15.8. The fourth-order valence-corrected chi connectivity index (χ4v) is 3.09. The van der Waals surface area contributed by atoms with Gasteiger partial charge in [0.15, 0.2) is 0 Å². The first kappa shape index (κ1) is 19.8. The lowest BCUT2D eigenvalue weighted by molar-refractivity contribution is 0.0918. The Morgan fingerprint density at radius 3 is 2.36 bits per heavy atom. The lowest BCUT2D eigenvalue weighted by atomic mass is 9.96. The molecule has 1 aromatic heterocycles. The van der Waals surface area contributed by atoms with Crippen LogP contribution in [0.4, 0.5) is 0 Å². The molecule has 1 heterocycles. The van der Waals surface area contributed by atoms with Crippen LogP contribution in [0, 0.1) is 5.92 Å². The Bertz CT molecular complexity index is 998. The summed E-state index contributed by atoms with van der Waals surface area (Å²) in [5.74, 6) is -0.157. The van der Waals surface area contributed by atoms with Crippen LogP contribution in [0.1, 0.15) is 41.5 Å². The van der Waals surface area contributed by atoms with Crippen LogP contribution in [0.3, 0.4) is 0 Å². The van der Waals surface area contributed by atoms with Crippen LogP contribution < -0.4 is 10.9 Å². The first-order valence-corrected chi connectivity index (χ1v) is 9.50. The molecule has 2 aromatic carbocycles. The summed E-state index contributed by atoms with van der Waals surface area (Å²) in [5, 5.41) is 7.92. The standard InChI is InChI=1S/C22H22ClN3O2/c1-15(2)21(17-8-10-18(23)11-9-17)24-22(28)19-12-13-20(27)26(25-19)14-16-6-4-3-5-7-16/h3-13,15,21H,14H2,1-2H3,(H,24,28)/t21-/m1/s1. The molecule has 5 nitrogen and oxygen atoms in total. The minimum Gasteiger partial charge on any atom is -0.344 e. The van der Waals surface area contributed by atoms with Crippen molar-refractivity contribution in [2.24, 2.45) is 5.92 Å². The van der Waals surface area contributed by atoms with Gasteiger partial charge in [-0.3, -0.25) is 9.59 Å². The maximum atomic E-state index is 12.8. The van der Waals surface area contributed by atoms with E-state index in [2.05, 4.69) is 10.4 Å². The van der Waals surface area contributed by atoms with Crippen molar-refractivity contribution in [3.63, 3.8) is 0 Å². The Labute approximate surface area is 169 Å². The highest BCUT2D eigenvalue weighted by Crippen LogP contribution is 2.23. The quantitative estimate of drug-likeness (QED) is 0.684. The van der Waals surface area contributed by atoms with E-state index in [1.165, 1.54) is 16.8 Å². The summed E-state index contributed by atoms with van der Waals surface area (Å²) in [5.41, 5.74) is 1.86. The van der Waals surface area contributed by atoms with Gasteiger partial charge in [-0.15, -0.1) is 0 Å². The number of hydrogen-bond acceptors (Lipinski definition) is 3. The minimum atomic E-state index is -0.324. The summed E-state index contributed by atoms with van der Waals surface area (Å²) in [4.78, 5) is 24.9. The van der Waals surface area contributed by atoms with E-state index in [-0.39, 0.29) is 29.1 Å². The van der Waals surface area contributed by atoms with Gasteiger partial charge >= 0.3 is 0 Å². The smallest absolute Gasteiger partial charge is 0.272 e. The number of benzene rings is 2. The highest BCUT2D eigenvalue weighted by molar-refractivity contribution is 6.30. The zero-order valence-corrected chi connectivity index (χ0v) is 16.6. The van der Waals surface area contributed by atoms with Crippen molar-refractivity contribution in [3.8, 4) is 0 Å². The van der Waals surface area contributed by atoms with E-state index in [0.29, 0.717) is 11.6 Å². The van der Waals surface area contributed by atoms with E-state index in [1.54, 1.807) is 12.1 Å². The Morgan fingerprint density at radius 1 is 1.04 bits per heavy atom. The van der Waals surface area contributed by atoms with Crippen LogP contribution >= 0.6 is 11.6 Å². The average Bonchev–Trinajstić information content (AvgIpc) is 2.69. The van der Waals surface area contributed by atoms with Gasteiger partial charge in [-0.05, 0) is 35.2 Å². The second-order valence-electron chi connectivity index (χ2n) is 6.95. The van der Waals surface area contributed by atoms with Crippen LogP contribution in [0.15, 0.2) is 71.5 Å². The van der Waals surface area contributed by atoms with Crippen molar-refractivity contribution in [1.82, 2.24) is 15.1 Å². The molecule has 0 saturated carbocycles. The third kappa shape index (κ3) is 4.87. The van der Waals surface area contributed by atoms with Crippen molar-refractivity contribution < 1.29 is 4.79 Å². The number of amides is 1. The van der Waals surface area contributed by atoms with Gasteiger partial charge in [0, 0.05) is 11.1 Å². The first-order valence-electron chi connectivity index (χ1n) is 9.12. The van der Waals surface area contributed by atoms with Crippen LogP contribution in [-0.4, -0.2) is 15.7 Å². The lowest BCUT2D eigenvalue weighted by Gasteiger charge is -2.23. The fourth-order valence-electron chi connectivity index (χ4n) is 2.96. The van der Waals surface area contributed by atoms with Gasteiger partial charge in [0.2, 0.25) is 0 Å². The van der Waals surface area contributed by atoms with E-state index in [1.807, 2.05) is 56.3 Å². The van der Waals surface area contributed by atoms with Gasteiger partial charge in [0.1, 0.15) is 5.69 Å². The second kappa shape index (κ2) is 8.85. The molecule has 0 aliphatic heterocycles. The second-order valence-corrected chi connectivity index (χ2v) is 7.38. The molecule has 28 heavy (non-hydrogen) atoms. The molecule has 0 radical (unpaired) electrons. The third-order valence-electron chi connectivity index (χ3n) is 4.46. The van der Waals surface area contributed by atoms with Crippen molar-refractivity contribution >= 4 is 17.5 Å². The first-order chi connectivity index (χ1) is 13.4.